The Morgan fingerprint density at radius 2 is 1.25 bits per heavy atom. The topological polar surface area (TPSA) is 0 Å². The molecule has 0 fully saturated rings. The van der Waals surface area contributed by atoms with Gasteiger partial charge in [-0.05, 0) is 0 Å². The molecule has 0 aliphatic carbocycles. The van der Waals surface area contributed by atoms with Crippen molar-refractivity contribution in [2.45, 2.75) is 0 Å². The molecule has 0 rings (SSSR count). The molecule has 0 saturated carbocycles. The van der Waals surface area contributed by atoms with Crippen LogP contribution in [0.4, 0.5) is 0 Å². The smallest absolute Gasteiger partial charge is 1.00 e. The van der Waals surface area contributed by atoms with Crippen LogP contribution in [0, 0.1) is 0 Å². The average Bonchev–Trinajstić information content (AvgIpc) is 0. The minimum Gasteiger partial charge on any atom is -1.00 e. The first-order valence-electron chi connectivity index (χ1n) is 0. The van der Waals surface area contributed by atoms with Crippen LogP contribution in [0.15, 0.2) is 0 Å². The Hall–Kier alpha value is 2.79. The van der Waals surface area contributed by atoms with E-state index < -0.39 is 0 Å². The average molecular weight is 188 g/mol. The van der Waals surface area contributed by atoms with Crippen molar-refractivity contribution >= 4 is 86.2 Å². The van der Waals surface area contributed by atoms with E-state index in [4.69, 9.17) is 0 Å². The standard InChI is InChI=1S/Al.H3P.H2S.Sr.5H/h;1H3;1H2;;;;;;/q;;;+2;;;;2*-1. The summed E-state index contributed by atoms with van der Waals surface area (Å²) in [6.07, 6.45) is 0. The van der Waals surface area contributed by atoms with Gasteiger partial charge in [0.1, 0.15) is 0 Å². The Morgan fingerprint density at radius 3 is 1.25 bits per heavy atom. The van der Waals surface area contributed by atoms with Crippen molar-refractivity contribution in [3.05, 3.63) is 0 Å². The first-order chi connectivity index (χ1) is 0. The Balaban J connectivity index is 0. The molecule has 0 amide bonds. The Bertz CT molecular complexity index is 13.5. The van der Waals surface area contributed by atoms with Crippen LogP contribution >= 0.6 is 23.4 Å². The molecule has 0 aromatic carbocycles. The molecule has 4 heteroatoms. The van der Waals surface area contributed by atoms with Crippen molar-refractivity contribution in [2.24, 2.45) is 0 Å². The van der Waals surface area contributed by atoms with Gasteiger partial charge < -0.3 is 2.85 Å². The van der Waals surface area contributed by atoms with Gasteiger partial charge in [-0.1, -0.05) is 0 Å². The summed E-state index contributed by atoms with van der Waals surface area (Å²) < 4.78 is 0. The van der Waals surface area contributed by atoms with E-state index in [1.165, 1.54) is 0 Å². The maximum atomic E-state index is 0. The summed E-state index contributed by atoms with van der Waals surface area (Å²) in [4.78, 5) is 0. The molecule has 0 heterocycles. The van der Waals surface area contributed by atoms with Crippen molar-refractivity contribution in [1.82, 2.24) is 0 Å². The maximum absolute atomic E-state index is 0. The Kier molecular flexibility index (Phi) is 125. The third-order valence-corrected chi connectivity index (χ3v) is 0. The van der Waals surface area contributed by atoms with Crippen LogP contribution in [-0.2, 0) is 0 Å². The molecule has 1 unspecified atom stereocenters. The molecular formula is H10AlPSSr. The minimum atomic E-state index is 0. The van der Waals surface area contributed by atoms with Gasteiger partial charge >= 0.3 is 45.5 Å². The second kappa shape index (κ2) is 17.1. The summed E-state index contributed by atoms with van der Waals surface area (Å²) in [5, 5.41) is 0. The molecule has 1 atom stereocenters. The molecule has 26 valence electrons. The van der Waals surface area contributed by atoms with Gasteiger partial charge in [0.25, 0.3) is 0 Å². The van der Waals surface area contributed by atoms with Gasteiger partial charge in [-0.15, -0.1) is 0 Å². The van der Waals surface area contributed by atoms with Crippen LogP contribution in [0.1, 0.15) is 2.85 Å². The van der Waals surface area contributed by atoms with Gasteiger partial charge in [0.2, 0.25) is 0 Å². The number of hydrogen-bond donors (Lipinski definition) is 0. The Labute approximate surface area is 87.5 Å². The third-order valence-electron chi connectivity index (χ3n) is 0. The second-order valence-electron chi connectivity index (χ2n) is 0. The third kappa shape index (κ3) is 8.84. The van der Waals surface area contributed by atoms with E-state index in [0.29, 0.717) is 0 Å². The van der Waals surface area contributed by atoms with Crippen molar-refractivity contribution < 1.29 is 2.85 Å². The van der Waals surface area contributed by atoms with Crippen LogP contribution in [0.3, 0.4) is 0 Å². The fourth-order valence-corrected chi connectivity index (χ4v) is 0. The van der Waals surface area contributed by atoms with E-state index in [0.717, 1.165) is 0 Å². The van der Waals surface area contributed by atoms with Crippen LogP contribution in [-0.4, -0.2) is 62.8 Å². The first kappa shape index (κ1) is 29.2. The zero-order valence-electron chi connectivity index (χ0n) is 3.91. The van der Waals surface area contributed by atoms with E-state index in [1.54, 1.807) is 0 Å². The van der Waals surface area contributed by atoms with Crippen LogP contribution in [0.2, 0.25) is 0 Å². The molecule has 0 aromatic heterocycles. The molecule has 0 aliphatic heterocycles. The van der Waals surface area contributed by atoms with Crippen LogP contribution < -0.4 is 0 Å². The van der Waals surface area contributed by atoms with E-state index in [-0.39, 0.29) is 89.1 Å². The minimum absolute atomic E-state index is 0. The molecule has 0 aliphatic rings. The SMILES string of the molecule is P.S.[AlH3].[H-].[H-].[Sr+2]. The monoisotopic (exact) mass is 188 g/mol. The summed E-state index contributed by atoms with van der Waals surface area (Å²) in [5.74, 6) is 0. The van der Waals surface area contributed by atoms with Crippen LogP contribution in [0.25, 0.3) is 0 Å². The van der Waals surface area contributed by atoms with Gasteiger partial charge in [-0.3, -0.25) is 0 Å². The van der Waals surface area contributed by atoms with Crippen molar-refractivity contribution in [3.63, 3.8) is 0 Å². The summed E-state index contributed by atoms with van der Waals surface area (Å²) in [6, 6.07) is 0. The van der Waals surface area contributed by atoms with Gasteiger partial charge in [0, 0.05) is 0 Å². The zero-order valence-corrected chi connectivity index (χ0v) is 7.80. The molecule has 0 nitrogen and oxygen atoms in total. The van der Waals surface area contributed by atoms with Gasteiger partial charge in [-0.25, -0.2) is 0 Å². The fourth-order valence-electron chi connectivity index (χ4n) is 0. The normalized spacial score (nSPS) is 0. The summed E-state index contributed by atoms with van der Waals surface area (Å²) in [5.41, 5.74) is 0. The van der Waals surface area contributed by atoms with Gasteiger partial charge in [0.15, 0.2) is 17.4 Å². The van der Waals surface area contributed by atoms with Crippen molar-refractivity contribution in [3.8, 4) is 0 Å². The zero-order chi connectivity index (χ0) is 0. The summed E-state index contributed by atoms with van der Waals surface area (Å²) >= 11 is 0. The number of hydrogen-bond acceptors (Lipinski definition) is 0. The number of rotatable bonds is 0. The molecular weight excluding hydrogens is 178 g/mol. The van der Waals surface area contributed by atoms with E-state index >= 15 is 0 Å². The summed E-state index contributed by atoms with van der Waals surface area (Å²) in [6.45, 7) is 0. The largest absolute Gasteiger partial charge is 2.00 e. The van der Waals surface area contributed by atoms with E-state index in [2.05, 4.69) is 0 Å². The maximum Gasteiger partial charge on any atom is 2.00 e. The van der Waals surface area contributed by atoms with Gasteiger partial charge in [-0.2, -0.15) is 23.4 Å². The quantitative estimate of drug-likeness (QED) is 0.331. The Morgan fingerprint density at radius 1 is 1.25 bits per heavy atom. The summed E-state index contributed by atoms with van der Waals surface area (Å²) in [7, 11) is 0. The molecule has 0 N–H and O–H groups in total. The van der Waals surface area contributed by atoms with Crippen LogP contribution in [0.5, 0.6) is 0 Å². The van der Waals surface area contributed by atoms with Crippen molar-refractivity contribution in [2.75, 3.05) is 0 Å². The molecule has 0 saturated heterocycles. The predicted octanol–water partition coefficient (Wildman–Crippen LogP) is -1.17. The predicted molar refractivity (Wildman–Crippen MR) is 39.4 cm³/mol. The second-order valence-corrected chi connectivity index (χ2v) is 0. The first-order valence-corrected chi connectivity index (χ1v) is 0. The van der Waals surface area contributed by atoms with Gasteiger partial charge in [0.05, 0.1) is 0 Å². The van der Waals surface area contributed by atoms with Crippen molar-refractivity contribution in [1.29, 1.82) is 0 Å². The molecule has 0 radical (unpaired) electrons. The molecule has 0 spiro atoms. The molecule has 0 bridgehead atoms. The van der Waals surface area contributed by atoms with E-state index in [9.17, 15) is 0 Å². The molecule has 0 aromatic rings. The molecule has 4 heavy (non-hydrogen) atoms. The van der Waals surface area contributed by atoms with E-state index in [1.807, 2.05) is 0 Å². The fraction of sp³-hybridized carbons (Fsp3) is 0.